The monoisotopic (exact) mass is 311 g/mol. The number of nitrogens with two attached hydrogens (primary N) is 1. The third-order valence-corrected chi connectivity index (χ3v) is 4.53. The lowest BCUT2D eigenvalue weighted by Gasteiger charge is -2.32. The summed E-state index contributed by atoms with van der Waals surface area (Å²) in [7, 11) is 0. The number of nitrogens with zero attached hydrogens (tertiary/aromatic N) is 2. The molecule has 6 heteroatoms. The summed E-state index contributed by atoms with van der Waals surface area (Å²) in [5.74, 6) is -2.03. The van der Waals surface area contributed by atoms with Crippen molar-refractivity contribution in [2.45, 2.75) is 50.5 Å². The molecule has 2 aliphatic rings. The van der Waals surface area contributed by atoms with Crippen LogP contribution in [0.5, 0.6) is 0 Å². The number of rotatable bonds is 5. The Kier molecular flexibility index (Phi) is 4.21. The van der Waals surface area contributed by atoms with Crippen molar-refractivity contribution in [2.24, 2.45) is 0 Å². The molecular weight excluding hydrogens is 288 g/mol. The van der Waals surface area contributed by atoms with E-state index in [2.05, 4.69) is 0 Å². The minimum atomic E-state index is -2.56. The zero-order valence-electron chi connectivity index (χ0n) is 12.7. The highest BCUT2D eigenvalue weighted by Gasteiger charge is 2.34. The lowest BCUT2D eigenvalue weighted by atomic mass is 10.1. The van der Waals surface area contributed by atoms with Crippen LogP contribution in [-0.2, 0) is 6.54 Å². The molecule has 122 valence electrons. The number of pyridine rings is 1. The maximum absolute atomic E-state index is 13.4. The van der Waals surface area contributed by atoms with E-state index >= 15 is 0 Å². The van der Waals surface area contributed by atoms with Crippen LogP contribution in [0.2, 0.25) is 0 Å². The number of aromatic nitrogens is 1. The zero-order chi connectivity index (χ0) is 15.7. The molecule has 1 aliphatic carbocycles. The van der Waals surface area contributed by atoms with E-state index in [1.807, 2.05) is 6.20 Å². The van der Waals surface area contributed by atoms with Crippen LogP contribution in [0.15, 0.2) is 17.1 Å². The van der Waals surface area contributed by atoms with Crippen molar-refractivity contribution < 1.29 is 8.78 Å². The van der Waals surface area contributed by atoms with E-state index in [0.29, 0.717) is 31.8 Å². The Hall–Kier alpha value is -1.43. The number of halogens is 2. The van der Waals surface area contributed by atoms with Crippen LogP contribution in [0.3, 0.4) is 0 Å². The summed E-state index contributed by atoms with van der Waals surface area (Å²) < 4.78 is 28.4. The minimum absolute atomic E-state index is 0.0110. The van der Waals surface area contributed by atoms with E-state index in [9.17, 15) is 13.6 Å². The third kappa shape index (κ3) is 3.66. The molecule has 0 amide bonds. The van der Waals surface area contributed by atoms with Gasteiger partial charge in [0, 0.05) is 25.7 Å². The number of piperidine rings is 1. The molecule has 1 saturated heterocycles. The molecule has 1 aliphatic heterocycles. The van der Waals surface area contributed by atoms with Gasteiger partial charge in [0.1, 0.15) is 0 Å². The molecule has 4 nitrogen and oxygen atoms in total. The van der Waals surface area contributed by atoms with Crippen molar-refractivity contribution in [3.05, 3.63) is 28.2 Å². The quantitative estimate of drug-likeness (QED) is 0.908. The maximum Gasteiger partial charge on any atom is 0.273 e. The molecule has 2 heterocycles. The van der Waals surface area contributed by atoms with Gasteiger partial charge >= 0.3 is 0 Å². The van der Waals surface area contributed by atoms with Gasteiger partial charge < -0.3 is 10.3 Å². The molecule has 1 saturated carbocycles. The first-order valence-corrected chi connectivity index (χ1v) is 8.05. The maximum atomic E-state index is 13.4. The molecule has 2 fully saturated rings. The molecule has 0 atom stereocenters. The number of hydrogen-bond acceptors (Lipinski definition) is 3. The molecule has 0 bridgehead atoms. The van der Waals surface area contributed by atoms with Crippen molar-refractivity contribution in [3.8, 4) is 0 Å². The van der Waals surface area contributed by atoms with Gasteiger partial charge in [-0.05, 0) is 49.8 Å². The summed E-state index contributed by atoms with van der Waals surface area (Å²) in [6.45, 7) is 1.68. The number of likely N-dealkylation sites (tertiary alicyclic amines) is 1. The number of nitrogen functional groups attached to an aromatic ring is 1. The van der Waals surface area contributed by atoms with E-state index in [1.165, 1.54) is 0 Å². The number of anilines is 1. The Bertz CT molecular complexity index is 596. The van der Waals surface area contributed by atoms with E-state index in [0.717, 1.165) is 24.9 Å². The Morgan fingerprint density at radius 3 is 2.77 bits per heavy atom. The lowest BCUT2D eigenvalue weighted by Crippen LogP contribution is -2.43. The van der Waals surface area contributed by atoms with Gasteiger partial charge in [-0.25, -0.2) is 8.78 Å². The molecule has 0 spiro atoms. The fraction of sp³-hybridized carbons (Fsp3) is 0.688. The van der Waals surface area contributed by atoms with Gasteiger partial charge in [0.15, 0.2) is 0 Å². The average Bonchev–Trinajstić information content (AvgIpc) is 3.26. The van der Waals surface area contributed by atoms with E-state index in [4.69, 9.17) is 5.73 Å². The SMILES string of the molecule is Nc1cc(C2CC2)cn(CCCN2CCCC(F)(F)C2)c1=O. The van der Waals surface area contributed by atoms with Crippen molar-refractivity contribution in [1.82, 2.24) is 9.47 Å². The van der Waals surface area contributed by atoms with Crippen LogP contribution in [0.1, 0.15) is 43.6 Å². The number of aryl methyl sites for hydroxylation is 1. The van der Waals surface area contributed by atoms with Gasteiger partial charge in [-0.3, -0.25) is 9.69 Å². The topological polar surface area (TPSA) is 51.3 Å². The van der Waals surface area contributed by atoms with Gasteiger partial charge in [-0.15, -0.1) is 0 Å². The highest BCUT2D eigenvalue weighted by molar-refractivity contribution is 5.40. The summed E-state index contributed by atoms with van der Waals surface area (Å²) in [5.41, 5.74) is 7.03. The summed E-state index contributed by atoms with van der Waals surface area (Å²) in [4.78, 5) is 13.8. The van der Waals surface area contributed by atoms with Crippen molar-refractivity contribution in [2.75, 3.05) is 25.4 Å². The van der Waals surface area contributed by atoms with E-state index < -0.39 is 5.92 Å². The van der Waals surface area contributed by atoms with Gasteiger partial charge in [0.05, 0.1) is 12.2 Å². The average molecular weight is 311 g/mol. The van der Waals surface area contributed by atoms with Crippen molar-refractivity contribution in [3.63, 3.8) is 0 Å². The highest BCUT2D eigenvalue weighted by Crippen LogP contribution is 2.40. The predicted molar refractivity (Wildman–Crippen MR) is 82.3 cm³/mol. The van der Waals surface area contributed by atoms with Gasteiger partial charge in [-0.1, -0.05) is 0 Å². The van der Waals surface area contributed by atoms with Gasteiger partial charge in [0.2, 0.25) is 0 Å². The second-order valence-corrected chi connectivity index (χ2v) is 6.59. The molecular formula is C16H23F2N3O. The number of hydrogen-bond donors (Lipinski definition) is 1. The second kappa shape index (κ2) is 5.99. The first kappa shape index (κ1) is 15.5. The van der Waals surface area contributed by atoms with E-state index in [-0.39, 0.29) is 24.2 Å². The fourth-order valence-electron chi connectivity index (χ4n) is 3.19. The fourth-order valence-corrected chi connectivity index (χ4v) is 3.19. The second-order valence-electron chi connectivity index (χ2n) is 6.59. The molecule has 22 heavy (non-hydrogen) atoms. The summed E-state index contributed by atoms with van der Waals surface area (Å²) >= 11 is 0. The highest BCUT2D eigenvalue weighted by atomic mass is 19.3. The first-order valence-electron chi connectivity index (χ1n) is 8.05. The summed E-state index contributed by atoms with van der Waals surface area (Å²) in [5, 5.41) is 0. The molecule has 0 radical (unpaired) electrons. The largest absolute Gasteiger partial charge is 0.394 e. The Labute approximate surface area is 128 Å². The predicted octanol–water partition coefficient (Wildman–Crippen LogP) is 2.43. The van der Waals surface area contributed by atoms with Crippen LogP contribution in [-0.4, -0.2) is 35.0 Å². The normalized spacial score (nSPS) is 21.9. The Morgan fingerprint density at radius 2 is 2.09 bits per heavy atom. The number of alkyl halides is 2. The Balaban J connectivity index is 1.58. The van der Waals surface area contributed by atoms with Crippen molar-refractivity contribution in [1.29, 1.82) is 0 Å². The van der Waals surface area contributed by atoms with Crippen LogP contribution in [0, 0.1) is 0 Å². The van der Waals surface area contributed by atoms with Crippen molar-refractivity contribution >= 4 is 5.69 Å². The van der Waals surface area contributed by atoms with Crippen LogP contribution in [0.25, 0.3) is 0 Å². The standard InChI is InChI=1S/C16H23F2N3O/c17-16(18)5-1-6-20(11-16)7-2-8-21-10-13(12-3-4-12)9-14(19)15(21)22/h9-10,12H,1-8,11,19H2. The van der Waals surface area contributed by atoms with Crippen LogP contribution < -0.4 is 11.3 Å². The third-order valence-electron chi connectivity index (χ3n) is 4.53. The van der Waals surface area contributed by atoms with E-state index in [1.54, 1.807) is 15.5 Å². The van der Waals surface area contributed by atoms with Crippen LogP contribution in [0.4, 0.5) is 14.5 Å². The smallest absolute Gasteiger partial charge is 0.273 e. The zero-order valence-corrected chi connectivity index (χ0v) is 12.7. The molecule has 0 aromatic carbocycles. The summed E-state index contributed by atoms with van der Waals surface area (Å²) in [6.07, 6.45) is 5.41. The lowest BCUT2D eigenvalue weighted by molar-refractivity contribution is -0.0641. The summed E-state index contributed by atoms with van der Waals surface area (Å²) in [6, 6.07) is 1.78. The molecule has 3 rings (SSSR count). The molecule has 1 aromatic heterocycles. The molecule has 2 N–H and O–H groups in total. The van der Waals surface area contributed by atoms with Gasteiger partial charge in [-0.2, -0.15) is 0 Å². The molecule has 0 unspecified atom stereocenters. The Morgan fingerprint density at radius 1 is 1.32 bits per heavy atom. The van der Waals surface area contributed by atoms with Gasteiger partial charge in [0.25, 0.3) is 11.5 Å². The van der Waals surface area contributed by atoms with Crippen LogP contribution >= 0.6 is 0 Å². The minimum Gasteiger partial charge on any atom is -0.394 e. The molecule has 1 aromatic rings. The first-order chi connectivity index (χ1) is 10.4.